The Kier molecular flexibility index (Phi) is 6.70. The number of hydrogen-bond acceptors (Lipinski definition) is 3. The Hall–Kier alpha value is -1.10. The molecule has 0 rings (SSSR count). The van der Waals surface area contributed by atoms with Gasteiger partial charge in [0.15, 0.2) is 0 Å². The van der Waals surface area contributed by atoms with E-state index in [-0.39, 0.29) is 23.8 Å². The lowest BCUT2D eigenvalue weighted by molar-refractivity contribution is -0.124. The van der Waals surface area contributed by atoms with Gasteiger partial charge in [0.1, 0.15) is 0 Å². The fourth-order valence-electron chi connectivity index (χ4n) is 1.04. The third-order valence-electron chi connectivity index (χ3n) is 2.35. The second kappa shape index (κ2) is 7.23. The molecule has 5 heteroatoms. The molecule has 0 aliphatic rings. The molecule has 0 aromatic carbocycles. The third kappa shape index (κ3) is 6.90. The van der Waals surface area contributed by atoms with Crippen molar-refractivity contribution < 1.29 is 9.59 Å². The molecule has 0 aromatic rings. The number of nitrogens with one attached hydrogen (secondary N) is 1. The molecule has 0 aromatic heterocycles. The average Bonchev–Trinajstić information content (AvgIpc) is 2.15. The summed E-state index contributed by atoms with van der Waals surface area (Å²) >= 11 is 0. The van der Waals surface area contributed by atoms with E-state index in [2.05, 4.69) is 5.32 Å². The number of amides is 2. The fourth-order valence-corrected chi connectivity index (χ4v) is 1.04. The first-order valence-electron chi connectivity index (χ1n) is 5.26. The van der Waals surface area contributed by atoms with Gasteiger partial charge in [0, 0.05) is 24.9 Å². The van der Waals surface area contributed by atoms with Crippen LogP contribution in [0.3, 0.4) is 0 Å². The largest absolute Gasteiger partial charge is 0.370 e. The summed E-state index contributed by atoms with van der Waals surface area (Å²) in [6.45, 7) is 4.17. The van der Waals surface area contributed by atoms with Crippen LogP contribution >= 0.6 is 0 Å². The summed E-state index contributed by atoms with van der Waals surface area (Å²) in [7, 11) is 0. The van der Waals surface area contributed by atoms with Crippen LogP contribution in [0.15, 0.2) is 0 Å². The van der Waals surface area contributed by atoms with E-state index in [9.17, 15) is 9.59 Å². The molecular formula is C10H21N3O2. The van der Waals surface area contributed by atoms with E-state index in [0.29, 0.717) is 19.4 Å². The van der Waals surface area contributed by atoms with Crippen LogP contribution in [-0.4, -0.2) is 24.4 Å². The normalized spacial score (nSPS) is 14.3. The van der Waals surface area contributed by atoms with Crippen LogP contribution in [0.1, 0.15) is 33.1 Å². The molecule has 2 unspecified atom stereocenters. The highest BCUT2D eigenvalue weighted by atomic mass is 16.2. The summed E-state index contributed by atoms with van der Waals surface area (Å²) in [5, 5.41) is 2.77. The zero-order valence-electron chi connectivity index (χ0n) is 9.45. The van der Waals surface area contributed by atoms with Crippen molar-refractivity contribution in [2.45, 2.75) is 39.2 Å². The molecule has 0 saturated carbocycles. The third-order valence-corrected chi connectivity index (χ3v) is 2.35. The molecule has 0 heterocycles. The van der Waals surface area contributed by atoms with E-state index in [1.165, 1.54) is 0 Å². The fraction of sp³-hybridized carbons (Fsp3) is 0.800. The van der Waals surface area contributed by atoms with Gasteiger partial charge in [-0.05, 0) is 19.8 Å². The van der Waals surface area contributed by atoms with Crippen molar-refractivity contribution in [3.63, 3.8) is 0 Å². The van der Waals surface area contributed by atoms with E-state index in [1.54, 1.807) is 13.8 Å². The minimum atomic E-state index is -0.301. The van der Waals surface area contributed by atoms with Gasteiger partial charge in [0.2, 0.25) is 11.8 Å². The van der Waals surface area contributed by atoms with E-state index < -0.39 is 0 Å². The maximum atomic E-state index is 11.4. The number of hydrogen-bond donors (Lipinski definition) is 3. The predicted octanol–water partition coefficient (Wildman–Crippen LogP) is -0.258. The Morgan fingerprint density at radius 1 is 1.27 bits per heavy atom. The second-order valence-corrected chi connectivity index (χ2v) is 3.86. The van der Waals surface area contributed by atoms with Gasteiger partial charge in [-0.1, -0.05) is 6.92 Å². The smallest absolute Gasteiger partial charge is 0.224 e. The molecule has 5 nitrogen and oxygen atoms in total. The first-order chi connectivity index (χ1) is 6.95. The number of primary amides is 1. The first kappa shape index (κ1) is 13.9. The zero-order valence-corrected chi connectivity index (χ0v) is 9.45. The first-order valence-corrected chi connectivity index (χ1v) is 5.26. The Morgan fingerprint density at radius 3 is 2.33 bits per heavy atom. The van der Waals surface area contributed by atoms with Gasteiger partial charge in [-0.25, -0.2) is 0 Å². The standard InChI is InChI=1S/C10H21N3O2/c1-7(8(2)11)10(15)13-6-4-3-5-9(12)14/h7-8H,3-6,11H2,1-2H3,(H2,12,14)(H,13,15). The number of carbonyl (C=O) groups excluding carboxylic acids is 2. The quantitative estimate of drug-likeness (QED) is 0.510. The van der Waals surface area contributed by atoms with Crippen molar-refractivity contribution in [2.75, 3.05) is 6.54 Å². The summed E-state index contributed by atoms with van der Waals surface area (Å²) in [5.41, 5.74) is 10.6. The molecule has 15 heavy (non-hydrogen) atoms. The SMILES string of the molecule is CC(N)C(C)C(=O)NCCCCC(N)=O. The Morgan fingerprint density at radius 2 is 1.87 bits per heavy atom. The van der Waals surface area contributed by atoms with Crippen molar-refractivity contribution >= 4 is 11.8 Å². The number of nitrogens with two attached hydrogens (primary N) is 2. The maximum Gasteiger partial charge on any atom is 0.224 e. The Labute approximate surface area is 90.6 Å². The van der Waals surface area contributed by atoms with Crippen LogP contribution in [0.25, 0.3) is 0 Å². The zero-order chi connectivity index (χ0) is 11.8. The van der Waals surface area contributed by atoms with Gasteiger partial charge >= 0.3 is 0 Å². The highest BCUT2D eigenvalue weighted by Gasteiger charge is 2.15. The number of unbranched alkanes of at least 4 members (excludes halogenated alkanes) is 1. The monoisotopic (exact) mass is 215 g/mol. The van der Waals surface area contributed by atoms with Crippen LogP contribution in [0, 0.1) is 5.92 Å². The summed E-state index contributed by atoms with van der Waals surface area (Å²) in [4.78, 5) is 21.8. The van der Waals surface area contributed by atoms with Crippen LogP contribution < -0.4 is 16.8 Å². The van der Waals surface area contributed by atoms with Crippen LogP contribution in [-0.2, 0) is 9.59 Å². The highest BCUT2D eigenvalue weighted by molar-refractivity contribution is 5.78. The topological polar surface area (TPSA) is 98.2 Å². The predicted molar refractivity (Wildman–Crippen MR) is 58.9 cm³/mol. The minimum absolute atomic E-state index is 0.0379. The van der Waals surface area contributed by atoms with E-state index in [1.807, 2.05) is 0 Å². The van der Waals surface area contributed by atoms with E-state index in [0.717, 1.165) is 6.42 Å². The van der Waals surface area contributed by atoms with Crippen LogP contribution in [0.2, 0.25) is 0 Å². The number of carbonyl (C=O) groups is 2. The summed E-state index contributed by atoms with van der Waals surface area (Å²) < 4.78 is 0. The van der Waals surface area contributed by atoms with Crippen molar-refractivity contribution in [3.05, 3.63) is 0 Å². The van der Waals surface area contributed by atoms with Gasteiger partial charge in [0.05, 0.1) is 0 Å². The van der Waals surface area contributed by atoms with Crippen molar-refractivity contribution in [1.82, 2.24) is 5.32 Å². The molecule has 88 valence electrons. The molecule has 2 atom stereocenters. The summed E-state index contributed by atoms with van der Waals surface area (Å²) in [6.07, 6.45) is 1.85. The lowest BCUT2D eigenvalue weighted by Crippen LogP contribution is -2.38. The second-order valence-electron chi connectivity index (χ2n) is 3.86. The van der Waals surface area contributed by atoms with Crippen molar-refractivity contribution in [1.29, 1.82) is 0 Å². The maximum absolute atomic E-state index is 11.4. The average molecular weight is 215 g/mol. The lowest BCUT2D eigenvalue weighted by atomic mass is 10.0. The molecule has 0 radical (unpaired) electrons. The molecule has 0 aliphatic carbocycles. The minimum Gasteiger partial charge on any atom is -0.370 e. The lowest BCUT2D eigenvalue weighted by Gasteiger charge is -2.14. The molecule has 2 amide bonds. The summed E-state index contributed by atoms with van der Waals surface area (Å²) in [6, 6.07) is -0.143. The molecule has 0 aliphatic heterocycles. The van der Waals surface area contributed by atoms with E-state index >= 15 is 0 Å². The van der Waals surface area contributed by atoms with Crippen LogP contribution in [0.5, 0.6) is 0 Å². The Balaban J connectivity index is 3.51. The van der Waals surface area contributed by atoms with Gasteiger partial charge < -0.3 is 16.8 Å². The Bertz CT molecular complexity index is 217. The highest BCUT2D eigenvalue weighted by Crippen LogP contribution is 1.99. The van der Waals surface area contributed by atoms with Crippen LogP contribution in [0.4, 0.5) is 0 Å². The molecule has 0 fully saturated rings. The van der Waals surface area contributed by atoms with Gasteiger partial charge in [0.25, 0.3) is 0 Å². The van der Waals surface area contributed by atoms with Gasteiger partial charge in [-0.15, -0.1) is 0 Å². The molecular weight excluding hydrogens is 194 g/mol. The molecule has 0 saturated heterocycles. The number of rotatable bonds is 7. The summed E-state index contributed by atoms with van der Waals surface area (Å²) in [5.74, 6) is -0.518. The molecule has 5 N–H and O–H groups in total. The van der Waals surface area contributed by atoms with Crippen molar-refractivity contribution in [2.24, 2.45) is 17.4 Å². The molecule has 0 bridgehead atoms. The van der Waals surface area contributed by atoms with Gasteiger partial charge in [-0.2, -0.15) is 0 Å². The van der Waals surface area contributed by atoms with E-state index in [4.69, 9.17) is 11.5 Å². The van der Waals surface area contributed by atoms with Gasteiger partial charge in [-0.3, -0.25) is 9.59 Å². The molecule has 0 spiro atoms. The van der Waals surface area contributed by atoms with Crippen molar-refractivity contribution in [3.8, 4) is 0 Å².